The summed E-state index contributed by atoms with van der Waals surface area (Å²) in [5, 5.41) is 7.74. The lowest BCUT2D eigenvalue weighted by Crippen LogP contribution is -2.02. The van der Waals surface area contributed by atoms with E-state index in [1.165, 1.54) is 12.1 Å². The number of hydrogen-bond acceptors (Lipinski definition) is 3. The second kappa shape index (κ2) is 5.77. The Kier molecular flexibility index (Phi) is 3.46. The molecule has 1 N–H and O–H groups in total. The monoisotopic (exact) mass is 318 g/mol. The Balaban J connectivity index is 1.82. The Hall–Kier alpha value is -3.21. The summed E-state index contributed by atoms with van der Waals surface area (Å²) in [6.45, 7) is 1.94. The van der Waals surface area contributed by atoms with Gasteiger partial charge < -0.3 is 5.32 Å². The molecule has 4 aromatic rings. The zero-order chi connectivity index (χ0) is 16.5. The van der Waals surface area contributed by atoms with Gasteiger partial charge in [0.1, 0.15) is 11.6 Å². The predicted octanol–water partition coefficient (Wildman–Crippen LogP) is 4.59. The summed E-state index contributed by atoms with van der Waals surface area (Å²) < 4.78 is 14.8. The highest BCUT2D eigenvalue weighted by Crippen LogP contribution is 2.26. The first kappa shape index (κ1) is 14.4. The van der Waals surface area contributed by atoms with E-state index in [1.54, 1.807) is 16.6 Å². The highest BCUT2D eigenvalue weighted by Gasteiger charge is 2.12. The molecule has 2 aromatic carbocycles. The molecule has 0 spiro atoms. The van der Waals surface area contributed by atoms with E-state index in [1.807, 2.05) is 49.5 Å². The molecule has 24 heavy (non-hydrogen) atoms. The lowest BCUT2D eigenvalue weighted by atomic mass is 10.1. The predicted molar refractivity (Wildman–Crippen MR) is 92.8 cm³/mol. The molecule has 4 nitrogen and oxygen atoms in total. The van der Waals surface area contributed by atoms with Gasteiger partial charge in [-0.1, -0.05) is 30.3 Å². The molecule has 0 bridgehead atoms. The molecule has 0 fully saturated rings. The molecule has 5 heteroatoms. The third-order valence-corrected chi connectivity index (χ3v) is 3.80. The van der Waals surface area contributed by atoms with Crippen LogP contribution in [0.3, 0.4) is 0 Å². The fourth-order valence-corrected chi connectivity index (χ4v) is 2.68. The number of hydrogen-bond donors (Lipinski definition) is 1. The van der Waals surface area contributed by atoms with Crippen molar-refractivity contribution >= 4 is 17.2 Å². The maximum Gasteiger partial charge on any atom is 0.165 e. The van der Waals surface area contributed by atoms with Crippen molar-refractivity contribution in [3.05, 3.63) is 78.4 Å². The van der Waals surface area contributed by atoms with Gasteiger partial charge >= 0.3 is 0 Å². The minimum Gasteiger partial charge on any atom is -0.340 e. The smallest absolute Gasteiger partial charge is 0.165 e. The van der Waals surface area contributed by atoms with Crippen LogP contribution in [0.25, 0.3) is 16.8 Å². The van der Waals surface area contributed by atoms with Gasteiger partial charge in [-0.2, -0.15) is 9.61 Å². The number of nitrogens with zero attached hydrogens (tertiary/aromatic N) is 3. The van der Waals surface area contributed by atoms with Crippen molar-refractivity contribution in [3.63, 3.8) is 0 Å². The van der Waals surface area contributed by atoms with Crippen molar-refractivity contribution in [3.8, 4) is 11.1 Å². The Morgan fingerprint density at radius 1 is 1.00 bits per heavy atom. The van der Waals surface area contributed by atoms with Crippen molar-refractivity contribution in [1.82, 2.24) is 14.6 Å². The molecule has 0 aliphatic carbocycles. The second-order valence-corrected chi connectivity index (χ2v) is 5.57. The van der Waals surface area contributed by atoms with E-state index in [-0.39, 0.29) is 5.82 Å². The molecule has 0 atom stereocenters. The van der Waals surface area contributed by atoms with E-state index in [0.29, 0.717) is 0 Å². The summed E-state index contributed by atoms with van der Waals surface area (Å²) in [7, 11) is 0. The number of fused-ring (bicyclic) bond motifs is 1. The van der Waals surface area contributed by atoms with Gasteiger partial charge in [-0.25, -0.2) is 9.37 Å². The molecule has 0 radical (unpaired) electrons. The summed E-state index contributed by atoms with van der Waals surface area (Å²) in [6.07, 6.45) is 1.81. The van der Waals surface area contributed by atoms with E-state index in [4.69, 9.17) is 0 Å². The van der Waals surface area contributed by atoms with Gasteiger partial charge in [0.05, 0.1) is 6.20 Å². The normalized spacial score (nSPS) is 10.9. The number of aromatic nitrogens is 3. The van der Waals surface area contributed by atoms with Crippen LogP contribution < -0.4 is 5.32 Å². The van der Waals surface area contributed by atoms with Gasteiger partial charge in [0.2, 0.25) is 0 Å². The van der Waals surface area contributed by atoms with E-state index >= 15 is 0 Å². The Morgan fingerprint density at radius 2 is 1.75 bits per heavy atom. The topological polar surface area (TPSA) is 42.2 Å². The first-order valence-corrected chi connectivity index (χ1v) is 7.64. The number of halogens is 1. The highest BCUT2D eigenvalue weighted by atomic mass is 19.1. The summed E-state index contributed by atoms with van der Waals surface area (Å²) >= 11 is 0. The third-order valence-electron chi connectivity index (χ3n) is 3.80. The fourth-order valence-electron chi connectivity index (χ4n) is 2.68. The number of rotatable bonds is 3. The minimum atomic E-state index is -0.262. The number of anilines is 2. The lowest BCUT2D eigenvalue weighted by Gasteiger charge is -2.10. The summed E-state index contributed by atoms with van der Waals surface area (Å²) in [5.74, 6) is 0.522. The quantitative estimate of drug-likeness (QED) is 0.601. The van der Waals surface area contributed by atoms with Gasteiger partial charge in [-0.3, -0.25) is 0 Å². The number of aryl methyl sites for hydroxylation is 1. The van der Waals surface area contributed by atoms with Gasteiger partial charge in [0, 0.05) is 23.0 Å². The summed E-state index contributed by atoms with van der Waals surface area (Å²) in [5.41, 5.74) is 4.50. The van der Waals surface area contributed by atoms with Gasteiger partial charge in [0.15, 0.2) is 5.65 Å². The fraction of sp³-hybridized carbons (Fsp3) is 0.0526. The molecule has 0 amide bonds. The van der Waals surface area contributed by atoms with Crippen LogP contribution in [0.4, 0.5) is 15.9 Å². The van der Waals surface area contributed by atoms with Gasteiger partial charge in [0.25, 0.3) is 0 Å². The maximum atomic E-state index is 13.1. The van der Waals surface area contributed by atoms with Gasteiger partial charge in [-0.05, 0) is 36.8 Å². The minimum absolute atomic E-state index is 0.262. The Bertz CT molecular complexity index is 991. The molecular weight excluding hydrogens is 303 g/mol. The molecule has 0 saturated carbocycles. The largest absolute Gasteiger partial charge is 0.340 e. The van der Waals surface area contributed by atoms with Gasteiger partial charge in [-0.15, -0.1) is 0 Å². The zero-order valence-corrected chi connectivity index (χ0v) is 13.1. The Labute approximate surface area is 138 Å². The molecule has 0 unspecified atom stereocenters. The van der Waals surface area contributed by atoms with Crippen LogP contribution in [0.1, 0.15) is 5.69 Å². The molecule has 4 rings (SSSR count). The summed E-state index contributed by atoms with van der Waals surface area (Å²) in [4.78, 5) is 4.63. The van der Waals surface area contributed by atoms with Crippen LogP contribution in [0.2, 0.25) is 0 Å². The number of nitrogens with one attached hydrogen (secondary N) is 1. The average molecular weight is 318 g/mol. The van der Waals surface area contributed by atoms with Crippen molar-refractivity contribution in [1.29, 1.82) is 0 Å². The summed E-state index contributed by atoms with van der Waals surface area (Å²) in [6, 6.07) is 18.2. The molecular formula is C19H15FN4. The lowest BCUT2D eigenvalue weighted by molar-refractivity contribution is 0.628. The van der Waals surface area contributed by atoms with Crippen LogP contribution >= 0.6 is 0 Å². The maximum absolute atomic E-state index is 13.1. The molecule has 0 saturated heterocycles. The van der Waals surface area contributed by atoms with Crippen LogP contribution in [-0.4, -0.2) is 14.6 Å². The van der Waals surface area contributed by atoms with E-state index in [9.17, 15) is 4.39 Å². The zero-order valence-electron chi connectivity index (χ0n) is 13.1. The van der Waals surface area contributed by atoms with E-state index in [0.717, 1.165) is 34.0 Å². The van der Waals surface area contributed by atoms with Crippen LogP contribution in [-0.2, 0) is 0 Å². The Morgan fingerprint density at radius 3 is 2.50 bits per heavy atom. The molecule has 0 aliphatic rings. The van der Waals surface area contributed by atoms with E-state index in [2.05, 4.69) is 15.4 Å². The first-order chi connectivity index (χ1) is 11.7. The van der Waals surface area contributed by atoms with Crippen molar-refractivity contribution in [2.75, 3.05) is 5.32 Å². The molecule has 0 aliphatic heterocycles. The van der Waals surface area contributed by atoms with Crippen molar-refractivity contribution < 1.29 is 4.39 Å². The highest BCUT2D eigenvalue weighted by molar-refractivity contribution is 5.78. The SMILES string of the molecule is Cc1cc(Nc2ccc(F)cc2)n2ncc(-c3ccccc3)c2n1. The molecule has 118 valence electrons. The van der Waals surface area contributed by atoms with Crippen LogP contribution in [0.5, 0.6) is 0 Å². The second-order valence-electron chi connectivity index (χ2n) is 5.57. The number of benzene rings is 2. The average Bonchev–Trinajstić information content (AvgIpc) is 3.01. The standard InChI is InChI=1S/C19H15FN4/c1-13-11-18(23-16-9-7-15(20)8-10-16)24-19(22-13)17(12-21-24)14-5-3-2-4-6-14/h2-12,23H,1H3. The first-order valence-electron chi connectivity index (χ1n) is 7.64. The van der Waals surface area contributed by atoms with E-state index < -0.39 is 0 Å². The van der Waals surface area contributed by atoms with Crippen LogP contribution in [0, 0.1) is 12.7 Å². The molecule has 2 heterocycles. The molecule has 2 aromatic heterocycles. The third kappa shape index (κ3) is 2.60. The van der Waals surface area contributed by atoms with Crippen LogP contribution in [0.15, 0.2) is 66.9 Å². The van der Waals surface area contributed by atoms with Crippen molar-refractivity contribution in [2.24, 2.45) is 0 Å². The van der Waals surface area contributed by atoms with Crippen molar-refractivity contribution in [2.45, 2.75) is 6.92 Å².